The van der Waals surface area contributed by atoms with Crippen LogP contribution in [-0.4, -0.2) is 95.5 Å². The van der Waals surface area contributed by atoms with Crippen molar-refractivity contribution >= 4 is 29.4 Å². The van der Waals surface area contributed by atoms with E-state index in [0.29, 0.717) is 32.1 Å². The minimum atomic E-state index is -0.0503. The molecule has 4 aliphatic heterocycles. The van der Waals surface area contributed by atoms with E-state index in [1.54, 1.807) is 11.0 Å². The van der Waals surface area contributed by atoms with Crippen LogP contribution in [0.5, 0.6) is 0 Å². The number of rotatable bonds is 6. The topological polar surface area (TPSA) is 93.0 Å². The molecule has 3 atom stereocenters. The Kier molecular flexibility index (Phi) is 7.72. The molecule has 0 aromatic carbocycles. The molecule has 9 heteroatoms. The number of dihydropyridines is 1. The van der Waals surface area contributed by atoms with Gasteiger partial charge in [-0.25, -0.2) is 4.99 Å². The van der Waals surface area contributed by atoms with E-state index < -0.39 is 0 Å². The van der Waals surface area contributed by atoms with E-state index in [1.807, 2.05) is 17.1 Å². The van der Waals surface area contributed by atoms with Gasteiger partial charge >= 0.3 is 0 Å². The van der Waals surface area contributed by atoms with Crippen molar-refractivity contribution in [3.05, 3.63) is 37.0 Å². The summed E-state index contributed by atoms with van der Waals surface area (Å²) >= 11 is 0. The zero-order chi connectivity index (χ0) is 24.1. The molecule has 0 spiro atoms. The molecule has 9 nitrogen and oxygen atoms in total. The van der Waals surface area contributed by atoms with Crippen LogP contribution < -0.4 is 5.32 Å². The van der Waals surface area contributed by atoms with E-state index in [1.165, 1.54) is 6.08 Å². The second-order valence-electron chi connectivity index (χ2n) is 9.02. The quantitative estimate of drug-likeness (QED) is 0.603. The Morgan fingerprint density at radius 3 is 2.85 bits per heavy atom. The van der Waals surface area contributed by atoms with Gasteiger partial charge in [0.25, 0.3) is 5.91 Å². The Bertz CT molecular complexity index is 964. The van der Waals surface area contributed by atoms with Gasteiger partial charge in [0, 0.05) is 44.8 Å². The highest BCUT2D eigenvalue weighted by molar-refractivity contribution is 6.14. The number of carbonyl (C=O) groups excluding carboxylic acids is 2. The number of carbonyl (C=O) groups is 2. The molecule has 1 fully saturated rings. The molecule has 2 amide bonds. The van der Waals surface area contributed by atoms with Crippen LogP contribution in [0.2, 0.25) is 0 Å². The van der Waals surface area contributed by atoms with Gasteiger partial charge in [-0.15, -0.1) is 0 Å². The molecule has 0 aromatic heterocycles. The van der Waals surface area contributed by atoms with Crippen LogP contribution in [0.1, 0.15) is 33.1 Å². The van der Waals surface area contributed by atoms with Crippen molar-refractivity contribution in [2.24, 2.45) is 20.9 Å². The number of fused-ring (bicyclic) bond motifs is 1. The maximum absolute atomic E-state index is 12.8. The molecular weight excluding hydrogens is 430 g/mol. The van der Waals surface area contributed by atoms with E-state index in [0.717, 1.165) is 44.0 Å². The van der Waals surface area contributed by atoms with Gasteiger partial charge in [-0.3, -0.25) is 24.4 Å². The molecule has 0 saturated carbocycles. The Morgan fingerprint density at radius 2 is 2.09 bits per heavy atom. The third-order valence-corrected chi connectivity index (χ3v) is 6.89. The van der Waals surface area contributed by atoms with Crippen molar-refractivity contribution in [3.8, 4) is 0 Å². The maximum Gasteiger partial charge on any atom is 0.251 e. The molecule has 0 aromatic rings. The predicted octanol–water partition coefficient (Wildman–Crippen LogP) is 1.60. The molecule has 182 valence electrons. The van der Waals surface area contributed by atoms with Gasteiger partial charge in [0.2, 0.25) is 11.9 Å². The number of nitrogens with zero attached hydrogens (tertiary/aromatic N) is 6. The fourth-order valence-electron chi connectivity index (χ4n) is 4.80. The van der Waals surface area contributed by atoms with Crippen molar-refractivity contribution in [2.45, 2.75) is 45.2 Å². The van der Waals surface area contributed by atoms with Gasteiger partial charge in [0.1, 0.15) is 11.7 Å². The monoisotopic (exact) mass is 465 g/mol. The first kappa shape index (κ1) is 24.1. The summed E-state index contributed by atoms with van der Waals surface area (Å²) in [7, 11) is 0. The normalized spacial score (nSPS) is 27.1. The lowest BCUT2D eigenvalue weighted by Crippen LogP contribution is -2.56. The molecule has 1 saturated heterocycles. The zero-order valence-electron chi connectivity index (χ0n) is 20.2. The second-order valence-corrected chi connectivity index (χ2v) is 9.02. The summed E-state index contributed by atoms with van der Waals surface area (Å²) in [5.41, 5.74) is 0. The van der Waals surface area contributed by atoms with Gasteiger partial charge in [-0.1, -0.05) is 32.6 Å². The number of nitrogens with one attached hydrogen (secondary N) is 1. The van der Waals surface area contributed by atoms with Crippen molar-refractivity contribution in [1.82, 2.24) is 20.0 Å². The molecule has 34 heavy (non-hydrogen) atoms. The highest BCUT2D eigenvalue weighted by Crippen LogP contribution is 2.20. The average Bonchev–Trinajstić information content (AvgIpc) is 2.87. The molecule has 0 bridgehead atoms. The fourth-order valence-corrected chi connectivity index (χ4v) is 4.80. The Hall–Kier alpha value is -3.07. The Labute approximate surface area is 201 Å². The van der Waals surface area contributed by atoms with Gasteiger partial charge in [0.15, 0.2) is 0 Å². The third-order valence-electron chi connectivity index (χ3n) is 6.89. The smallest absolute Gasteiger partial charge is 0.251 e. The molecule has 2 unspecified atom stereocenters. The third kappa shape index (κ3) is 5.35. The zero-order valence-corrected chi connectivity index (χ0v) is 20.2. The summed E-state index contributed by atoms with van der Waals surface area (Å²) in [5, 5.41) is 3.24. The highest BCUT2D eigenvalue weighted by Gasteiger charge is 2.33. The van der Waals surface area contributed by atoms with Crippen molar-refractivity contribution in [1.29, 1.82) is 0 Å². The number of amides is 2. The summed E-state index contributed by atoms with van der Waals surface area (Å²) in [6.45, 7) is 11.9. The van der Waals surface area contributed by atoms with Crippen LogP contribution in [-0.2, 0) is 9.59 Å². The van der Waals surface area contributed by atoms with Gasteiger partial charge in [-0.05, 0) is 31.4 Å². The van der Waals surface area contributed by atoms with Gasteiger partial charge in [0.05, 0.1) is 18.5 Å². The van der Waals surface area contributed by atoms with E-state index in [9.17, 15) is 9.59 Å². The van der Waals surface area contributed by atoms with Crippen molar-refractivity contribution < 1.29 is 9.59 Å². The van der Waals surface area contributed by atoms with Gasteiger partial charge < -0.3 is 10.2 Å². The van der Waals surface area contributed by atoms with Crippen LogP contribution >= 0.6 is 0 Å². The van der Waals surface area contributed by atoms with Crippen LogP contribution in [0.3, 0.4) is 0 Å². The second kappa shape index (κ2) is 10.9. The van der Waals surface area contributed by atoms with E-state index in [2.05, 4.69) is 41.7 Å². The van der Waals surface area contributed by atoms with E-state index >= 15 is 0 Å². The lowest BCUT2D eigenvalue weighted by Gasteiger charge is -2.42. The molecule has 0 aliphatic carbocycles. The first-order chi connectivity index (χ1) is 16.5. The van der Waals surface area contributed by atoms with Gasteiger partial charge in [-0.2, -0.15) is 4.99 Å². The number of hydrogen-bond acceptors (Lipinski definition) is 7. The molecule has 4 heterocycles. The first-order valence-electron chi connectivity index (χ1n) is 12.3. The van der Waals surface area contributed by atoms with Crippen LogP contribution in [0, 0.1) is 5.92 Å². The Morgan fingerprint density at radius 1 is 1.24 bits per heavy atom. The predicted molar refractivity (Wildman–Crippen MR) is 135 cm³/mol. The maximum atomic E-state index is 12.8. The average molecular weight is 466 g/mol. The number of piperazine rings is 1. The minimum absolute atomic E-state index is 0.000454. The fraction of sp³-hybridized carbons (Fsp3) is 0.560. The lowest BCUT2D eigenvalue weighted by atomic mass is 10.0. The summed E-state index contributed by atoms with van der Waals surface area (Å²) < 4.78 is 0. The molecule has 4 aliphatic rings. The summed E-state index contributed by atoms with van der Waals surface area (Å²) in [6, 6.07) is 0.542. The number of guanidine groups is 1. The number of aliphatic imine (C=N–C) groups is 3. The van der Waals surface area contributed by atoms with Crippen molar-refractivity contribution in [2.75, 3.05) is 39.3 Å². The Balaban J connectivity index is 1.43. The highest BCUT2D eigenvalue weighted by atomic mass is 16.2. The molecule has 1 N–H and O–H groups in total. The summed E-state index contributed by atoms with van der Waals surface area (Å²) in [5.74, 6) is 1.94. The minimum Gasteiger partial charge on any atom is -0.336 e. The molecule has 0 radical (unpaired) electrons. The van der Waals surface area contributed by atoms with Crippen LogP contribution in [0.4, 0.5) is 0 Å². The van der Waals surface area contributed by atoms with Crippen LogP contribution in [0.15, 0.2) is 51.9 Å². The molecular formula is C25H35N7O2. The lowest BCUT2D eigenvalue weighted by molar-refractivity contribution is -0.129. The van der Waals surface area contributed by atoms with E-state index in [4.69, 9.17) is 9.98 Å². The summed E-state index contributed by atoms with van der Waals surface area (Å²) in [6.07, 6.45) is 11.9. The van der Waals surface area contributed by atoms with E-state index in [-0.39, 0.29) is 29.8 Å². The largest absolute Gasteiger partial charge is 0.336 e. The number of hydrogen-bond donors (Lipinski definition) is 1. The SMILES string of the molecule is C=CC(=O)N1CCN(CCN2C(=O)C=CC3CN=C(NC4=NC(CC)CC=C4)N=C32)[C@@H](CC)C1. The molecule has 4 rings (SSSR count). The first-order valence-corrected chi connectivity index (χ1v) is 12.3. The standard InChI is InChI=1S/C25H35N7O2/c1-4-19-8-7-9-21(27-19)28-25-26-16-18-10-11-23(34)32(24(18)29-25)15-14-30-12-13-31(22(33)6-3)17-20(30)5-2/h6-7,9-11,18-20H,3-5,8,12-17H2,1-2H3,(H,26,27,28)/t18?,19?,20-/m0/s1. The number of amidine groups is 2. The van der Waals surface area contributed by atoms with Crippen molar-refractivity contribution in [3.63, 3.8) is 0 Å². The van der Waals surface area contributed by atoms with Crippen LogP contribution in [0.25, 0.3) is 0 Å². The summed E-state index contributed by atoms with van der Waals surface area (Å²) in [4.78, 5) is 44.9.